The van der Waals surface area contributed by atoms with Gasteiger partial charge in [0.1, 0.15) is 6.33 Å². The molecule has 0 fully saturated rings. The number of nitrogens with zero attached hydrogens (tertiary/aromatic N) is 2. The van der Waals surface area contributed by atoms with E-state index in [0.29, 0.717) is 6.42 Å². The normalized spacial score (nSPS) is 11.2. The molecule has 0 unspecified atom stereocenters. The van der Waals surface area contributed by atoms with Crippen molar-refractivity contribution in [2.45, 2.75) is 52.0 Å². The van der Waals surface area contributed by atoms with Crippen molar-refractivity contribution < 1.29 is 4.79 Å². The van der Waals surface area contributed by atoms with Crippen molar-refractivity contribution in [1.82, 2.24) is 15.3 Å². The highest BCUT2D eigenvalue weighted by atomic mass is 16.1. The molecule has 0 aliphatic heterocycles. The largest absolute Gasteiger partial charge is 0.350 e. The second kappa shape index (κ2) is 6.33. The summed E-state index contributed by atoms with van der Waals surface area (Å²) in [6.07, 6.45) is 8.04. The first-order chi connectivity index (χ1) is 8.15. The quantitative estimate of drug-likeness (QED) is 0.821. The SMILES string of the molecule is CCC(CC)(CC)NC(=O)Cc1cncnc1. The van der Waals surface area contributed by atoms with Crippen LogP contribution in [0.15, 0.2) is 18.7 Å². The topological polar surface area (TPSA) is 54.9 Å². The Hall–Kier alpha value is -1.45. The molecular formula is C13H21N3O. The Morgan fingerprint density at radius 3 is 2.18 bits per heavy atom. The van der Waals surface area contributed by atoms with Gasteiger partial charge in [0.05, 0.1) is 6.42 Å². The first-order valence-corrected chi connectivity index (χ1v) is 6.20. The highest BCUT2D eigenvalue weighted by Crippen LogP contribution is 2.19. The van der Waals surface area contributed by atoms with Crippen LogP contribution in [0.2, 0.25) is 0 Å². The fourth-order valence-corrected chi connectivity index (χ4v) is 1.96. The minimum absolute atomic E-state index is 0.0466. The summed E-state index contributed by atoms with van der Waals surface area (Å²) in [5.41, 5.74) is 0.786. The van der Waals surface area contributed by atoms with Crippen LogP contribution < -0.4 is 5.32 Å². The number of nitrogens with one attached hydrogen (secondary N) is 1. The highest BCUT2D eigenvalue weighted by molar-refractivity contribution is 5.79. The molecule has 1 N–H and O–H groups in total. The van der Waals surface area contributed by atoms with Gasteiger partial charge >= 0.3 is 0 Å². The Balaban J connectivity index is 2.60. The predicted molar refractivity (Wildman–Crippen MR) is 67.5 cm³/mol. The molecule has 0 aromatic carbocycles. The lowest BCUT2D eigenvalue weighted by Gasteiger charge is -2.31. The van der Waals surface area contributed by atoms with Crippen molar-refractivity contribution in [3.8, 4) is 0 Å². The van der Waals surface area contributed by atoms with E-state index in [2.05, 4.69) is 36.1 Å². The molecule has 0 radical (unpaired) electrons. The molecule has 0 aliphatic carbocycles. The van der Waals surface area contributed by atoms with Crippen LogP contribution in [-0.2, 0) is 11.2 Å². The van der Waals surface area contributed by atoms with Gasteiger partial charge in [-0.3, -0.25) is 4.79 Å². The molecular weight excluding hydrogens is 214 g/mol. The van der Waals surface area contributed by atoms with Gasteiger partial charge in [0, 0.05) is 17.9 Å². The Morgan fingerprint density at radius 2 is 1.71 bits per heavy atom. The maximum atomic E-state index is 11.9. The van der Waals surface area contributed by atoms with Gasteiger partial charge in [-0.05, 0) is 24.8 Å². The summed E-state index contributed by atoms with van der Waals surface area (Å²) in [7, 11) is 0. The lowest BCUT2D eigenvalue weighted by molar-refractivity contribution is -0.122. The zero-order chi connectivity index (χ0) is 12.7. The molecule has 4 heteroatoms. The van der Waals surface area contributed by atoms with Crippen LogP contribution in [0, 0.1) is 0 Å². The highest BCUT2D eigenvalue weighted by Gasteiger charge is 2.25. The molecule has 0 spiro atoms. The van der Waals surface area contributed by atoms with E-state index in [4.69, 9.17) is 0 Å². The van der Waals surface area contributed by atoms with Crippen LogP contribution in [0.3, 0.4) is 0 Å². The van der Waals surface area contributed by atoms with E-state index >= 15 is 0 Å². The fourth-order valence-electron chi connectivity index (χ4n) is 1.96. The zero-order valence-corrected chi connectivity index (χ0v) is 10.9. The molecule has 1 aromatic heterocycles. The number of rotatable bonds is 6. The van der Waals surface area contributed by atoms with Gasteiger partial charge in [0.2, 0.25) is 5.91 Å². The second-order valence-corrected chi connectivity index (χ2v) is 4.31. The van der Waals surface area contributed by atoms with Crippen LogP contribution in [0.4, 0.5) is 0 Å². The second-order valence-electron chi connectivity index (χ2n) is 4.31. The van der Waals surface area contributed by atoms with Crippen LogP contribution in [0.5, 0.6) is 0 Å². The van der Waals surface area contributed by atoms with Gasteiger partial charge in [-0.25, -0.2) is 9.97 Å². The number of hydrogen-bond donors (Lipinski definition) is 1. The van der Waals surface area contributed by atoms with Gasteiger partial charge in [-0.1, -0.05) is 20.8 Å². The van der Waals surface area contributed by atoms with Gasteiger partial charge in [0.25, 0.3) is 0 Å². The zero-order valence-electron chi connectivity index (χ0n) is 10.9. The minimum atomic E-state index is -0.0628. The van der Waals surface area contributed by atoms with Crippen LogP contribution in [0.25, 0.3) is 0 Å². The fraction of sp³-hybridized carbons (Fsp3) is 0.615. The first kappa shape index (κ1) is 13.6. The summed E-state index contributed by atoms with van der Waals surface area (Å²) in [5, 5.41) is 3.13. The molecule has 1 aromatic rings. The van der Waals surface area contributed by atoms with E-state index in [1.54, 1.807) is 12.4 Å². The third-order valence-corrected chi connectivity index (χ3v) is 3.41. The van der Waals surface area contributed by atoms with Crippen molar-refractivity contribution in [2.24, 2.45) is 0 Å². The molecule has 0 aliphatic rings. The average molecular weight is 235 g/mol. The lowest BCUT2D eigenvalue weighted by Crippen LogP contribution is -2.47. The smallest absolute Gasteiger partial charge is 0.224 e. The monoisotopic (exact) mass is 235 g/mol. The van der Waals surface area contributed by atoms with Crippen LogP contribution in [-0.4, -0.2) is 21.4 Å². The molecule has 1 rings (SSSR count). The molecule has 0 bridgehead atoms. The van der Waals surface area contributed by atoms with E-state index in [0.717, 1.165) is 24.8 Å². The van der Waals surface area contributed by atoms with Gasteiger partial charge < -0.3 is 5.32 Å². The lowest BCUT2D eigenvalue weighted by atomic mass is 9.89. The van der Waals surface area contributed by atoms with Crippen molar-refractivity contribution in [1.29, 1.82) is 0 Å². The van der Waals surface area contributed by atoms with Crippen LogP contribution in [0.1, 0.15) is 45.6 Å². The van der Waals surface area contributed by atoms with Gasteiger partial charge in [-0.15, -0.1) is 0 Å². The van der Waals surface area contributed by atoms with Crippen LogP contribution >= 0.6 is 0 Å². The third-order valence-electron chi connectivity index (χ3n) is 3.41. The molecule has 1 heterocycles. The summed E-state index contributed by atoms with van der Waals surface area (Å²) in [6, 6.07) is 0. The van der Waals surface area contributed by atoms with E-state index in [9.17, 15) is 4.79 Å². The number of aromatic nitrogens is 2. The van der Waals surface area contributed by atoms with Crippen molar-refractivity contribution >= 4 is 5.91 Å². The maximum absolute atomic E-state index is 11.9. The molecule has 94 valence electrons. The summed E-state index contributed by atoms with van der Waals surface area (Å²) < 4.78 is 0. The van der Waals surface area contributed by atoms with E-state index in [1.807, 2.05) is 0 Å². The molecule has 4 nitrogen and oxygen atoms in total. The van der Waals surface area contributed by atoms with Gasteiger partial charge in [-0.2, -0.15) is 0 Å². The van der Waals surface area contributed by atoms with Crippen molar-refractivity contribution in [3.05, 3.63) is 24.3 Å². The van der Waals surface area contributed by atoms with Crippen molar-refractivity contribution in [2.75, 3.05) is 0 Å². The van der Waals surface area contributed by atoms with E-state index in [1.165, 1.54) is 6.33 Å². The third kappa shape index (κ3) is 3.80. The maximum Gasteiger partial charge on any atom is 0.224 e. The summed E-state index contributed by atoms with van der Waals surface area (Å²) in [6.45, 7) is 6.33. The molecule has 0 saturated heterocycles. The van der Waals surface area contributed by atoms with E-state index < -0.39 is 0 Å². The van der Waals surface area contributed by atoms with Gasteiger partial charge in [0.15, 0.2) is 0 Å². The molecule has 0 atom stereocenters. The first-order valence-electron chi connectivity index (χ1n) is 6.20. The number of carbonyl (C=O) groups excluding carboxylic acids is 1. The Morgan fingerprint density at radius 1 is 1.18 bits per heavy atom. The number of amides is 1. The number of hydrogen-bond acceptors (Lipinski definition) is 3. The standard InChI is InChI=1S/C13H21N3O/c1-4-13(5-2,6-3)16-12(17)7-11-8-14-10-15-9-11/h8-10H,4-7H2,1-3H3,(H,16,17). The number of carbonyl (C=O) groups is 1. The van der Waals surface area contributed by atoms with Crippen molar-refractivity contribution in [3.63, 3.8) is 0 Å². The Kier molecular flexibility index (Phi) is 5.07. The molecule has 1 amide bonds. The summed E-state index contributed by atoms with van der Waals surface area (Å²) in [4.78, 5) is 19.7. The molecule has 0 saturated carbocycles. The summed E-state index contributed by atoms with van der Waals surface area (Å²) in [5.74, 6) is 0.0466. The Bertz CT molecular complexity index is 339. The molecule has 17 heavy (non-hydrogen) atoms. The predicted octanol–water partition coefficient (Wildman–Crippen LogP) is 2.10. The minimum Gasteiger partial charge on any atom is -0.350 e. The Labute approximate surface area is 103 Å². The van der Waals surface area contributed by atoms with E-state index in [-0.39, 0.29) is 11.4 Å². The average Bonchev–Trinajstić information content (AvgIpc) is 2.37. The summed E-state index contributed by atoms with van der Waals surface area (Å²) >= 11 is 0.